The number of aromatic nitrogens is 4. The first-order chi connectivity index (χ1) is 15.6. The average molecular weight is 437 g/mol. The van der Waals surface area contributed by atoms with Gasteiger partial charge in [-0.05, 0) is 85.3 Å². The highest BCUT2D eigenvalue weighted by molar-refractivity contribution is 5.77. The maximum Gasteiger partial charge on any atom is 0.223 e. The second-order valence-electron chi connectivity index (χ2n) is 10.7. The maximum absolute atomic E-state index is 13.4. The van der Waals surface area contributed by atoms with Crippen LogP contribution in [0.4, 0.5) is 5.69 Å². The van der Waals surface area contributed by atoms with Gasteiger partial charge >= 0.3 is 0 Å². The molecule has 4 bridgehead atoms. The minimum atomic E-state index is -0.0199. The molecule has 1 aromatic carbocycles. The lowest BCUT2D eigenvalue weighted by Gasteiger charge is -2.61. The van der Waals surface area contributed by atoms with Crippen LogP contribution < -0.4 is 9.64 Å². The van der Waals surface area contributed by atoms with Crippen LogP contribution >= 0.6 is 0 Å². The Kier molecular flexibility index (Phi) is 4.66. The molecule has 1 amide bonds. The van der Waals surface area contributed by atoms with Crippen molar-refractivity contribution in [2.75, 3.05) is 38.2 Å². The summed E-state index contributed by atoms with van der Waals surface area (Å²) in [4.78, 5) is 19.8. The van der Waals surface area contributed by atoms with Gasteiger partial charge in [-0.2, -0.15) is 4.80 Å². The molecule has 2 aromatic rings. The van der Waals surface area contributed by atoms with Crippen molar-refractivity contribution < 1.29 is 9.53 Å². The van der Waals surface area contributed by atoms with E-state index in [0.29, 0.717) is 24.2 Å². The third-order valence-electron chi connectivity index (χ3n) is 8.52. The summed E-state index contributed by atoms with van der Waals surface area (Å²) in [5, 5.41) is 12.7. The number of anilines is 1. The van der Waals surface area contributed by atoms with Crippen molar-refractivity contribution in [2.45, 2.75) is 50.5 Å². The maximum atomic E-state index is 13.4. The van der Waals surface area contributed by atoms with E-state index in [1.807, 2.05) is 16.9 Å². The van der Waals surface area contributed by atoms with Gasteiger partial charge in [0.2, 0.25) is 5.91 Å². The SMILES string of the molecule is COc1ccc(N2CCN(C(=O)CC34C[C@H]5C[C@H](C3)CC(n3ncnn3)(C5)C4)CC2)cc1. The van der Waals surface area contributed by atoms with Crippen LogP contribution in [0, 0.1) is 17.3 Å². The minimum Gasteiger partial charge on any atom is -0.497 e. The lowest BCUT2D eigenvalue weighted by atomic mass is 9.46. The van der Waals surface area contributed by atoms with Gasteiger partial charge in [-0.25, -0.2) is 0 Å². The third-order valence-corrected chi connectivity index (χ3v) is 8.52. The van der Waals surface area contributed by atoms with Crippen LogP contribution in [-0.4, -0.2) is 64.3 Å². The molecule has 8 nitrogen and oxygen atoms in total. The van der Waals surface area contributed by atoms with Gasteiger partial charge in [-0.15, -0.1) is 10.2 Å². The van der Waals surface area contributed by atoms with E-state index in [4.69, 9.17) is 4.74 Å². The molecule has 4 saturated carbocycles. The molecule has 8 heteroatoms. The number of rotatable bonds is 5. The highest BCUT2D eigenvalue weighted by Crippen LogP contribution is 2.65. The second-order valence-corrected chi connectivity index (χ2v) is 10.7. The predicted molar refractivity (Wildman–Crippen MR) is 119 cm³/mol. The molecule has 1 aromatic heterocycles. The summed E-state index contributed by atoms with van der Waals surface area (Å²) in [7, 11) is 1.69. The van der Waals surface area contributed by atoms with E-state index in [1.165, 1.54) is 24.9 Å². The number of methoxy groups -OCH3 is 1. The Morgan fingerprint density at radius 2 is 1.78 bits per heavy atom. The second kappa shape index (κ2) is 7.46. The zero-order valence-electron chi connectivity index (χ0n) is 18.8. The molecule has 170 valence electrons. The smallest absolute Gasteiger partial charge is 0.223 e. The predicted octanol–water partition coefficient (Wildman–Crippen LogP) is 2.72. The minimum absolute atomic E-state index is 0.0199. The Hall–Kier alpha value is -2.64. The molecule has 32 heavy (non-hydrogen) atoms. The van der Waals surface area contributed by atoms with E-state index in [-0.39, 0.29) is 11.0 Å². The Morgan fingerprint density at radius 3 is 2.41 bits per heavy atom. The van der Waals surface area contributed by atoms with E-state index in [1.54, 1.807) is 13.4 Å². The van der Waals surface area contributed by atoms with Crippen LogP contribution in [0.2, 0.25) is 0 Å². The molecule has 1 aliphatic heterocycles. The largest absolute Gasteiger partial charge is 0.497 e. The number of nitrogens with zero attached hydrogens (tertiary/aromatic N) is 6. The molecular weight excluding hydrogens is 404 g/mol. The van der Waals surface area contributed by atoms with Crippen molar-refractivity contribution in [2.24, 2.45) is 17.3 Å². The fraction of sp³-hybridized carbons (Fsp3) is 0.667. The highest BCUT2D eigenvalue weighted by Gasteiger charge is 2.60. The highest BCUT2D eigenvalue weighted by atomic mass is 16.5. The van der Waals surface area contributed by atoms with Gasteiger partial charge in [-0.1, -0.05) is 0 Å². The van der Waals surface area contributed by atoms with Gasteiger partial charge in [0.25, 0.3) is 0 Å². The Balaban J connectivity index is 1.12. The summed E-state index contributed by atoms with van der Waals surface area (Å²) in [5.41, 5.74) is 1.29. The molecular formula is C24H32N6O2. The molecule has 0 radical (unpaired) electrons. The fourth-order valence-corrected chi connectivity index (χ4v) is 7.67. The van der Waals surface area contributed by atoms with Gasteiger partial charge in [0.15, 0.2) is 6.33 Å². The molecule has 0 unspecified atom stereocenters. The van der Waals surface area contributed by atoms with Crippen molar-refractivity contribution in [3.63, 3.8) is 0 Å². The summed E-state index contributed by atoms with van der Waals surface area (Å²) in [5.74, 6) is 2.60. The molecule has 7 rings (SSSR count). The van der Waals surface area contributed by atoms with Crippen LogP contribution in [0.5, 0.6) is 5.75 Å². The number of hydrogen-bond donors (Lipinski definition) is 0. The van der Waals surface area contributed by atoms with E-state index >= 15 is 0 Å². The quantitative estimate of drug-likeness (QED) is 0.717. The zero-order chi connectivity index (χ0) is 21.8. The van der Waals surface area contributed by atoms with Crippen molar-refractivity contribution in [3.8, 4) is 5.75 Å². The molecule has 5 aliphatic rings. The topological polar surface area (TPSA) is 76.4 Å². The molecule has 5 fully saturated rings. The van der Waals surface area contributed by atoms with Crippen LogP contribution in [0.25, 0.3) is 0 Å². The van der Waals surface area contributed by atoms with Crippen molar-refractivity contribution in [3.05, 3.63) is 30.6 Å². The summed E-state index contributed by atoms with van der Waals surface area (Å²) in [6.07, 6.45) is 9.26. The number of benzene rings is 1. The van der Waals surface area contributed by atoms with E-state index in [2.05, 4.69) is 37.3 Å². The zero-order valence-corrected chi connectivity index (χ0v) is 18.8. The van der Waals surface area contributed by atoms with Gasteiger partial charge in [0.05, 0.1) is 12.6 Å². The first-order valence-corrected chi connectivity index (χ1v) is 12.0. The van der Waals surface area contributed by atoms with Gasteiger partial charge in [0.1, 0.15) is 5.75 Å². The standard InChI is InChI=1S/C24H32N6O2/c1-32-21-4-2-20(3-5-21)28-6-8-29(9-7-28)22(31)15-23-11-18-10-19(12-23)14-24(13-18,16-23)30-26-17-25-27-30/h2-5,17-19H,6-16H2,1H3/t18-,19-,23?,24?/m1/s1. The number of tetrazole rings is 1. The van der Waals surface area contributed by atoms with E-state index in [9.17, 15) is 4.79 Å². The van der Waals surface area contributed by atoms with E-state index in [0.717, 1.165) is 51.2 Å². The van der Waals surface area contributed by atoms with E-state index < -0.39 is 0 Å². The molecule has 0 spiro atoms. The number of carbonyl (C=O) groups is 1. The monoisotopic (exact) mass is 436 g/mol. The summed E-state index contributed by atoms with van der Waals surface area (Å²) in [6.45, 7) is 3.35. The third kappa shape index (κ3) is 3.35. The molecule has 0 N–H and O–H groups in total. The Bertz CT molecular complexity index is 953. The fourth-order valence-electron chi connectivity index (χ4n) is 7.67. The first-order valence-electron chi connectivity index (χ1n) is 12.0. The average Bonchev–Trinajstić information content (AvgIpc) is 3.34. The molecule has 2 atom stereocenters. The van der Waals surface area contributed by atoms with Gasteiger partial charge < -0.3 is 14.5 Å². The number of hydrogen-bond acceptors (Lipinski definition) is 6. The normalized spacial score (nSPS) is 33.5. The molecule has 2 heterocycles. The Morgan fingerprint density at radius 1 is 1.06 bits per heavy atom. The van der Waals surface area contributed by atoms with Gasteiger partial charge in [0, 0.05) is 38.3 Å². The number of carbonyl (C=O) groups excluding carboxylic acids is 1. The number of piperazine rings is 1. The summed E-state index contributed by atoms with van der Waals surface area (Å²) >= 11 is 0. The van der Waals surface area contributed by atoms with Gasteiger partial charge in [-0.3, -0.25) is 4.79 Å². The summed E-state index contributed by atoms with van der Waals surface area (Å²) in [6, 6.07) is 8.20. The number of amides is 1. The summed E-state index contributed by atoms with van der Waals surface area (Å²) < 4.78 is 5.27. The lowest BCUT2D eigenvalue weighted by Crippen LogP contribution is -2.58. The van der Waals surface area contributed by atoms with Crippen molar-refractivity contribution in [1.29, 1.82) is 0 Å². The lowest BCUT2D eigenvalue weighted by molar-refractivity contribution is -0.147. The molecule has 1 saturated heterocycles. The van der Waals surface area contributed by atoms with Crippen molar-refractivity contribution >= 4 is 11.6 Å². The number of ether oxygens (including phenoxy) is 1. The van der Waals surface area contributed by atoms with Crippen LogP contribution in [-0.2, 0) is 10.3 Å². The van der Waals surface area contributed by atoms with Crippen LogP contribution in [0.15, 0.2) is 30.6 Å². The molecule has 4 aliphatic carbocycles. The Labute approximate surface area is 188 Å². The van der Waals surface area contributed by atoms with Crippen LogP contribution in [0.3, 0.4) is 0 Å². The first kappa shape index (κ1) is 20.0. The van der Waals surface area contributed by atoms with Crippen molar-refractivity contribution in [1.82, 2.24) is 25.1 Å². The van der Waals surface area contributed by atoms with Crippen LogP contribution in [0.1, 0.15) is 44.9 Å².